The molecule has 12 heteroatoms. The number of tetrazole rings is 1. The van der Waals surface area contributed by atoms with Crippen LogP contribution in [-0.2, 0) is 27.3 Å². The zero-order valence-corrected chi connectivity index (χ0v) is 25.2. The molecule has 1 aromatic heterocycles. The normalized spacial score (nSPS) is 16.6. The number of amides is 3. The Morgan fingerprint density at radius 3 is 2.44 bits per heavy atom. The summed E-state index contributed by atoms with van der Waals surface area (Å²) in [4.78, 5) is 56.4. The zero-order valence-electron chi connectivity index (χ0n) is 25.2. The number of hydrogen-bond acceptors (Lipinski definition) is 8. The van der Waals surface area contributed by atoms with Crippen LogP contribution in [0.1, 0.15) is 61.3 Å². The maximum absolute atomic E-state index is 13.5. The maximum atomic E-state index is 13.5. The van der Waals surface area contributed by atoms with Crippen molar-refractivity contribution >= 4 is 29.2 Å². The van der Waals surface area contributed by atoms with Gasteiger partial charge in [-0.3, -0.25) is 19.2 Å². The Balaban J connectivity index is 1.36. The summed E-state index contributed by atoms with van der Waals surface area (Å²) >= 11 is 0. The van der Waals surface area contributed by atoms with Crippen molar-refractivity contribution in [3.63, 3.8) is 0 Å². The van der Waals surface area contributed by atoms with Crippen LogP contribution in [0.5, 0.6) is 0 Å². The molecule has 0 spiro atoms. The summed E-state index contributed by atoms with van der Waals surface area (Å²) < 4.78 is 1.45. The Kier molecular flexibility index (Phi) is 10.6. The van der Waals surface area contributed by atoms with E-state index in [9.17, 15) is 19.2 Å². The summed E-state index contributed by atoms with van der Waals surface area (Å²) in [5.74, 6) is -0.769. The van der Waals surface area contributed by atoms with E-state index in [0.717, 1.165) is 17.7 Å². The summed E-state index contributed by atoms with van der Waals surface area (Å²) in [6, 6.07) is 14.5. The second kappa shape index (κ2) is 14.5. The fourth-order valence-corrected chi connectivity index (χ4v) is 5.09. The predicted octanol–water partition coefficient (Wildman–Crippen LogP) is 1.99. The molecule has 3 aromatic rings. The van der Waals surface area contributed by atoms with Gasteiger partial charge in [-0.1, -0.05) is 37.3 Å². The first-order chi connectivity index (χ1) is 20.7. The van der Waals surface area contributed by atoms with Crippen LogP contribution in [0.2, 0.25) is 0 Å². The zero-order chi connectivity index (χ0) is 30.9. The van der Waals surface area contributed by atoms with Crippen molar-refractivity contribution in [2.24, 2.45) is 0 Å². The van der Waals surface area contributed by atoms with Crippen LogP contribution in [0.3, 0.4) is 0 Å². The minimum absolute atomic E-state index is 0.0887. The lowest BCUT2D eigenvalue weighted by atomic mass is 10.1. The molecule has 1 aliphatic heterocycles. The molecule has 12 nitrogen and oxygen atoms in total. The van der Waals surface area contributed by atoms with Gasteiger partial charge < -0.3 is 20.4 Å². The molecule has 2 N–H and O–H groups in total. The fourth-order valence-electron chi connectivity index (χ4n) is 5.09. The summed E-state index contributed by atoms with van der Waals surface area (Å²) in [5, 5.41) is 17.5. The monoisotopic (exact) mass is 588 g/mol. The van der Waals surface area contributed by atoms with Crippen molar-refractivity contribution in [3.8, 4) is 0 Å². The van der Waals surface area contributed by atoms with Gasteiger partial charge in [-0.25, -0.2) is 4.68 Å². The molecule has 3 amide bonds. The highest BCUT2D eigenvalue weighted by Gasteiger charge is 2.35. The Morgan fingerprint density at radius 2 is 1.77 bits per heavy atom. The fraction of sp³-hybridized carbons (Fsp3) is 0.452. The quantitative estimate of drug-likeness (QED) is 0.327. The lowest BCUT2D eigenvalue weighted by Crippen LogP contribution is -2.56. The second-order valence-corrected chi connectivity index (χ2v) is 11.0. The van der Waals surface area contributed by atoms with Gasteiger partial charge in [-0.15, -0.1) is 5.10 Å². The van der Waals surface area contributed by atoms with Crippen molar-refractivity contribution in [3.05, 3.63) is 71.5 Å². The largest absolute Gasteiger partial charge is 0.378 e. The number of likely N-dealkylation sites (tertiary alicyclic amines) is 1. The molecule has 43 heavy (non-hydrogen) atoms. The van der Waals surface area contributed by atoms with Crippen molar-refractivity contribution in [1.29, 1.82) is 0 Å². The molecule has 0 aliphatic carbocycles. The average Bonchev–Trinajstić information content (AvgIpc) is 3.35. The lowest BCUT2D eigenvalue weighted by Gasteiger charge is -2.31. The number of carbonyl (C=O) groups excluding carboxylic acids is 4. The van der Waals surface area contributed by atoms with E-state index in [1.807, 2.05) is 68.4 Å². The smallest absolute Gasteiger partial charge is 0.251 e. The van der Waals surface area contributed by atoms with Crippen LogP contribution in [-0.4, -0.2) is 87.4 Å². The third kappa shape index (κ3) is 8.02. The number of carbonyl (C=O) groups is 4. The first kappa shape index (κ1) is 31.3. The van der Waals surface area contributed by atoms with E-state index < -0.39 is 24.0 Å². The van der Waals surface area contributed by atoms with Gasteiger partial charge in [0.05, 0.1) is 6.04 Å². The molecular formula is C31H40N8O4. The van der Waals surface area contributed by atoms with Crippen molar-refractivity contribution < 1.29 is 19.2 Å². The number of rotatable bonds is 12. The molecule has 1 fully saturated rings. The number of anilines is 1. The first-order valence-corrected chi connectivity index (χ1v) is 14.7. The number of nitrogens with one attached hydrogen (secondary N) is 2. The third-order valence-corrected chi connectivity index (χ3v) is 7.75. The van der Waals surface area contributed by atoms with E-state index in [1.165, 1.54) is 9.58 Å². The Labute approximate surface area is 251 Å². The van der Waals surface area contributed by atoms with Gasteiger partial charge in [0.15, 0.2) is 11.6 Å². The summed E-state index contributed by atoms with van der Waals surface area (Å²) in [6.45, 7) is 3.75. The third-order valence-electron chi connectivity index (χ3n) is 7.75. The number of nitrogens with zero attached hydrogens (tertiary/aromatic N) is 6. The number of benzene rings is 2. The van der Waals surface area contributed by atoms with Gasteiger partial charge in [0.1, 0.15) is 18.6 Å². The van der Waals surface area contributed by atoms with Crippen molar-refractivity contribution in [2.45, 2.75) is 70.6 Å². The van der Waals surface area contributed by atoms with Gasteiger partial charge in [-0.2, -0.15) is 0 Å². The Hall–Kier alpha value is -4.61. The first-order valence-electron chi connectivity index (χ1n) is 14.7. The van der Waals surface area contributed by atoms with Gasteiger partial charge in [0.25, 0.3) is 5.91 Å². The van der Waals surface area contributed by atoms with Crippen LogP contribution in [0.25, 0.3) is 0 Å². The molecule has 228 valence electrons. The lowest BCUT2D eigenvalue weighted by molar-refractivity contribution is -0.141. The van der Waals surface area contributed by atoms with Crippen molar-refractivity contribution in [1.82, 2.24) is 35.7 Å². The Morgan fingerprint density at radius 1 is 1.05 bits per heavy atom. The van der Waals surface area contributed by atoms with Gasteiger partial charge >= 0.3 is 0 Å². The minimum Gasteiger partial charge on any atom is -0.378 e. The average molecular weight is 589 g/mol. The molecular weight excluding hydrogens is 548 g/mol. The van der Waals surface area contributed by atoms with Gasteiger partial charge in [0, 0.05) is 38.3 Å². The van der Waals surface area contributed by atoms with Crippen LogP contribution in [0, 0.1) is 0 Å². The second-order valence-electron chi connectivity index (χ2n) is 11.0. The molecule has 2 aromatic carbocycles. The van der Waals surface area contributed by atoms with E-state index in [4.69, 9.17) is 0 Å². The molecule has 1 aliphatic rings. The van der Waals surface area contributed by atoms with Crippen LogP contribution in [0.15, 0.2) is 54.6 Å². The van der Waals surface area contributed by atoms with Crippen LogP contribution < -0.4 is 15.5 Å². The highest BCUT2D eigenvalue weighted by molar-refractivity contribution is 5.99. The van der Waals surface area contributed by atoms with Crippen LogP contribution >= 0.6 is 0 Å². The summed E-state index contributed by atoms with van der Waals surface area (Å²) in [5.41, 5.74) is 2.43. The summed E-state index contributed by atoms with van der Waals surface area (Å²) in [6.07, 6.45) is 2.75. The van der Waals surface area contributed by atoms with E-state index in [2.05, 4.69) is 26.2 Å². The molecule has 3 unspecified atom stereocenters. The molecule has 2 heterocycles. The highest BCUT2D eigenvalue weighted by Crippen LogP contribution is 2.17. The van der Waals surface area contributed by atoms with E-state index in [-0.39, 0.29) is 24.1 Å². The van der Waals surface area contributed by atoms with E-state index in [0.29, 0.717) is 43.6 Å². The van der Waals surface area contributed by atoms with Crippen LogP contribution in [0.4, 0.5) is 5.69 Å². The summed E-state index contributed by atoms with van der Waals surface area (Å²) in [7, 11) is 3.84. The molecule has 0 saturated carbocycles. The van der Waals surface area contributed by atoms with Gasteiger partial charge in [-0.05, 0) is 72.9 Å². The number of aromatic nitrogens is 4. The Bertz CT molecular complexity index is 1410. The van der Waals surface area contributed by atoms with Gasteiger partial charge in [0.2, 0.25) is 11.8 Å². The molecule has 0 radical (unpaired) electrons. The number of hydrogen-bond donors (Lipinski definition) is 2. The standard InChI is InChI=1S/C31H40N8O4/c1-5-25(27(40)20-39-28(34-35-36-39)19-22-11-7-6-8-12-22)32-29(41)21(2)38-18-10-9-13-26(31(38)43)33-30(42)23-14-16-24(17-15-23)37(3)4/h6-8,11-12,14-17,21,25-26H,5,9-10,13,18-20H2,1-4H3,(H,32,41)(H,33,42). The topological polar surface area (TPSA) is 142 Å². The predicted molar refractivity (Wildman–Crippen MR) is 161 cm³/mol. The minimum atomic E-state index is -0.826. The molecule has 3 atom stereocenters. The maximum Gasteiger partial charge on any atom is 0.251 e. The SMILES string of the molecule is CCC(NC(=O)C(C)N1CCCCC(NC(=O)c2ccc(N(C)C)cc2)C1=O)C(=O)Cn1nnnc1Cc1ccccc1. The number of Topliss-reactive ketones (excluding diaryl/α,β-unsaturated/α-hetero) is 1. The molecule has 0 bridgehead atoms. The molecule has 1 saturated heterocycles. The highest BCUT2D eigenvalue weighted by atomic mass is 16.2. The number of ketones is 1. The molecule has 4 rings (SSSR count). The van der Waals surface area contributed by atoms with E-state index >= 15 is 0 Å². The van der Waals surface area contributed by atoms with E-state index in [1.54, 1.807) is 19.1 Å². The van der Waals surface area contributed by atoms with Crippen molar-refractivity contribution in [2.75, 3.05) is 25.5 Å².